The molecule has 0 saturated heterocycles. The van der Waals surface area contributed by atoms with E-state index in [0.717, 1.165) is 15.9 Å². The minimum Gasteiger partial charge on any atom is -0.370 e. The highest BCUT2D eigenvalue weighted by Crippen LogP contribution is 2.37. The molecule has 0 amide bonds. The lowest BCUT2D eigenvalue weighted by Crippen LogP contribution is -2.26. The average Bonchev–Trinajstić information content (AvgIpc) is 2.90. The minimum atomic E-state index is -0.0975. The number of rotatable bonds is 2. The van der Waals surface area contributed by atoms with Crippen molar-refractivity contribution in [1.82, 2.24) is 4.98 Å². The van der Waals surface area contributed by atoms with Crippen LogP contribution in [0.25, 0.3) is 10.2 Å². The molecule has 22 heavy (non-hydrogen) atoms. The standard InChI is InChI=1S/C15H20N6S/c16-14(17)21-15(18)19-10-6-7-11-12(8-10)22-13(20-11)9-4-2-1-3-5-9/h6-9H,1-5H2,(H6,16,17,18,19,21). The van der Waals surface area contributed by atoms with Gasteiger partial charge in [0.25, 0.3) is 0 Å². The highest BCUT2D eigenvalue weighted by Gasteiger charge is 2.19. The van der Waals surface area contributed by atoms with Crippen LogP contribution in [0, 0.1) is 0 Å². The zero-order chi connectivity index (χ0) is 15.5. The van der Waals surface area contributed by atoms with E-state index in [9.17, 15) is 0 Å². The van der Waals surface area contributed by atoms with Crippen LogP contribution in [0.4, 0.5) is 5.69 Å². The van der Waals surface area contributed by atoms with Gasteiger partial charge in [-0.05, 0) is 31.0 Å². The summed E-state index contributed by atoms with van der Waals surface area (Å²) in [6, 6.07) is 5.83. The van der Waals surface area contributed by atoms with Crippen LogP contribution in [0.1, 0.15) is 43.0 Å². The summed E-state index contributed by atoms with van der Waals surface area (Å²) in [4.78, 5) is 12.7. The molecule has 1 aliphatic carbocycles. The molecule has 116 valence electrons. The van der Waals surface area contributed by atoms with Gasteiger partial charge in [-0.1, -0.05) is 19.3 Å². The SMILES string of the molecule is NC(N)=NC(N)=Nc1ccc2nc(C3CCCCC3)sc2c1. The maximum atomic E-state index is 5.66. The third-order valence-corrected chi connectivity index (χ3v) is 5.01. The molecule has 0 unspecified atom stereocenters. The molecule has 1 aromatic carbocycles. The zero-order valence-electron chi connectivity index (χ0n) is 12.3. The maximum absolute atomic E-state index is 5.66. The Kier molecular flexibility index (Phi) is 4.24. The Morgan fingerprint density at radius 2 is 1.91 bits per heavy atom. The van der Waals surface area contributed by atoms with Gasteiger partial charge in [0.05, 0.1) is 20.9 Å². The van der Waals surface area contributed by atoms with E-state index in [1.54, 1.807) is 11.3 Å². The fourth-order valence-electron chi connectivity index (χ4n) is 2.81. The van der Waals surface area contributed by atoms with Crippen LogP contribution in [-0.2, 0) is 0 Å². The monoisotopic (exact) mass is 316 g/mol. The minimum absolute atomic E-state index is 0.0522. The molecule has 1 saturated carbocycles. The number of thiazole rings is 1. The van der Waals surface area contributed by atoms with Gasteiger partial charge < -0.3 is 17.2 Å². The van der Waals surface area contributed by atoms with Crippen molar-refractivity contribution < 1.29 is 0 Å². The van der Waals surface area contributed by atoms with E-state index < -0.39 is 0 Å². The molecule has 6 N–H and O–H groups in total. The number of nitrogens with zero attached hydrogens (tertiary/aromatic N) is 3. The van der Waals surface area contributed by atoms with Crippen molar-refractivity contribution in [2.24, 2.45) is 27.2 Å². The van der Waals surface area contributed by atoms with Gasteiger partial charge in [0.15, 0.2) is 5.96 Å². The number of fused-ring (bicyclic) bond motifs is 1. The zero-order valence-corrected chi connectivity index (χ0v) is 13.1. The summed E-state index contributed by atoms with van der Waals surface area (Å²) in [6.07, 6.45) is 6.48. The molecule has 0 radical (unpaired) electrons. The molecule has 1 aliphatic rings. The molecule has 7 heteroatoms. The Morgan fingerprint density at radius 3 is 2.64 bits per heavy atom. The summed E-state index contributed by atoms with van der Waals surface area (Å²) in [6.45, 7) is 0. The van der Waals surface area contributed by atoms with Crippen molar-refractivity contribution in [2.45, 2.75) is 38.0 Å². The molecule has 0 aliphatic heterocycles. The molecule has 3 rings (SSSR count). The van der Waals surface area contributed by atoms with E-state index in [2.05, 4.69) is 9.98 Å². The average molecular weight is 316 g/mol. The van der Waals surface area contributed by atoms with Crippen molar-refractivity contribution in [2.75, 3.05) is 0 Å². The van der Waals surface area contributed by atoms with E-state index in [0.29, 0.717) is 5.92 Å². The first kappa shape index (κ1) is 14.8. The molecular formula is C15H20N6S. The quantitative estimate of drug-likeness (QED) is 0.583. The number of aromatic nitrogens is 1. The van der Waals surface area contributed by atoms with E-state index in [1.165, 1.54) is 37.1 Å². The molecular weight excluding hydrogens is 296 g/mol. The molecule has 2 aromatic rings. The summed E-state index contributed by atoms with van der Waals surface area (Å²) in [5, 5.41) is 1.24. The smallest absolute Gasteiger partial charge is 0.223 e. The number of aliphatic imine (C=N–C) groups is 2. The van der Waals surface area contributed by atoms with Crippen LogP contribution >= 0.6 is 11.3 Å². The Bertz CT molecular complexity index is 723. The highest BCUT2D eigenvalue weighted by atomic mass is 32.1. The molecule has 1 aromatic heterocycles. The van der Waals surface area contributed by atoms with E-state index >= 15 is 0 Å². The third-order valence-electron chi connectivity index (χ3n) is 3.83. The lowest BCUT2D eigenvalue weighted by Gasteiger charge is -2.18. The molecule has 0 spiro atoms. The predicted octanol–water partition coefficient (Wildman–Crippen LogP) is 2.56. The van der Waals surface area contributed by atoms with E-state index in [-0.39, 0.29) is 11.9 Å². The number of benzene rings is 1. The third kappa shape index (κ3) is 3.36. The van der Waals surface area contributed by atoms with Gasteiger partial charge in [-0.15, -0.1) is 11.3 Å². The largest absolute Gasteiger partial charge is 0.370 e. The van der Waals surface area contributed by atoms with Gasteiger partial charge in [0.1, 0.15) is 0 Å². The number of nitrogens with two attached hydrogens (primary N) is 3. The lowest BCUT2D eigenvalue weighted by molar-refractivity contribution is 0.443. The van der Waals surface area contributed by atoms with Crippen molar-refractivity contribution >= 4 is 39.2 Å². The van der Waals surface area contributed by atoms with Crippen LogP contribution in [0.5, 0.6) is 0 Å². The lowest BCUT2D eigenvalue weighted by atomic mass is 9.90. The van der Waals surface area contributed by atoms with E-state index in [1.807, 2.05) is 18.2 Å². The van der Waals surface area contributed by atoms with Crippen LogP contribution in [0.2, 0.25) is 0 Å². The van der Waals surface area contributed by atoms with Crippen molar-refractivity contribution in [3.8, 4) is 0 Å². The first-order valence-corrected chi connectivity index (χ1v) is 8.28. The van der Waals surface area contributed by atoms with Gasteiger partial charge in [0, 0.05) is 5.92 Å². The maximum Gasteiger partial charge on any atom is 0.223 e. The summed E-state index contributed by atoms with van der Waals surface area (Å²) < 4.78 is 1.12. The van der Waals surface area contributed by atoms with Crippen molar-refractivity contribution in [3.05, 3.63) is 23.2 Å². The normalized spacial score (nSPS) is 16.8. The van der Waals surface area contributed by atoms with Gasteiger partial charge in [-0.2, -0.15) is 4.99 Å². The first-order valence-electron chi connectivity index (χ1n) is 7.46. The van der Waals surface area contributed by atoms with Gasteiger partial charge in [-0.3, -0.25) is 0 Å². The van der Waals surface area contributed by atoms with Crippen molar-refractivity contribution in [3.63, 3.8) is 0 Å². The Hall–Kier alpha value is -2.15. The fourth-order valence-corrected chi connectivity index (χ4v) is 3.98. The van der Waals surface area contributed by atoms with Crippen LogP contribution in [0.15, 0.2) is 28.2 Å². The Morgan fingerprint density at radius 1 is 1.14 bits per heavy atom. The molecule has 1 fully saturated rings. The molecule has 6 nitrogen and oxygen atoms in total. The van der Waals surface area contributed by atoms with E-state index in [4.69, 9.17) is 22.2 Å². The van der Waals surface area contributed by atoms with Gasteiger partial charge in [-0.25, -0.2) is 9.98 Å². The Labute approximate surface area is 133 Å². The number of hydrogen-bond acceptors (Lipinski definition) is 3. The summed E-state index contributed by atoms with van der Waals surface area (Å²) in [5.74, 6) is 0.570. The second-order valence-corrected chi connectivity index (χ2v) is 6.61. The molecule has 0 atom stereocenters. The summed E-state index contributed by atoms with van der Waals surface area (Å²) >= 11 is 1.75. The van der Waals surface area contributed by atoms with Gasteiger partial charge >= 0.3 is 0 Å². The highest BCUT2D eigenvalue weighted by molar-refractivity contribution is 7.18. The molecule has 0 bridgehead atoms. The first-order chi connectivity index (χ1) is 10.6. The van der Waals surface area contributed by atoms with Crippen LogP contribution in [0.3, 0.4) is 0 Å². The summed E-state index contributed by atoms with van der Waals surface area (Å²) in [5.41, 5.74) is 18.0. The predicted molar refractivity (Wildman–Crippen MR) is 92.5 cm³/mol. The van der Waals surface area contributed by atoms with Gasteiger partial charge in [0.2, 0.25) is 5.96 Å². The second kappa shape index (κ2) is 6.31. The van der Waals surface area contributed by atoms with Crippen LogP contribution < -0.4 is 17.2 Å². The topological polar surface area (TPSA) is 116 Å². The number of guanidine groups is 2. The van der Waals surface area contributed by atoms with Crippen molar-refractivity contribution in [1.29, 1.82) is 0 Å². The number of hydrogen-bond donors (Lipinski definition) is 3. The summed E-state index contributed by atoms with van der Waals surface area (Å²) in [7, 11) is 0. The van der Waals surface area contributed by atoms with Crippen LogP contribution in [-0.4, -0.2) is 16.9 Å². The molecule has 1 heterocycles. The fraction of sp³-hybridized carbons (Fsp3) is 0.400. The second-order valence-electron chi connectivity index (χ2n) is 5.55. The Balaban J connectivity index is 1.88.